The van der Waals surface area contributed by atoms with Gasteiger partial charge in [0, 0.05) is 4.88 Å². The van der Waals surface area contributed by atoms with Crippen molar-refractivity contribution in [2.24, 2.45) is 5.92 Å². The first kappa shape index (κ1) is 20.4. The molecule has 0 bridgehead atoms. The van der Waals surface area contributed by atoms with Gasteiger partial charge in [0.05, 0.1) is 12.2 Å². The van der Waals surface area contributed by atoms with Crippen molar-refractivity contribution in [3.05, 3.63) is 46.3 Å². The normalized spacial score (nSPS) is 16.8. The first-order valence-corrected chi connectivity index (χ1v) is 10.7. The van der Waals surface area contributed by atoms with Gasteiger partial charge in [-0.3, -0.25) is 4.79 Å². The molecule has 2 aromatic rings. The van der Waals surface area contributed by atoms with Crippen molar-refractivity contribution in [2.45, 2.75) is 52.6 Å². The highest BCUT2D eigenvalue weighted by molar-refractivity contribution is 7.17. The van der Waals surface area contributed by atoms with Crippen molar-refractivity contribution < 1.29 is 19.1 Å². The zero-order valence-corrected chi connectivity index (χ0v) is 17.4. The van der Waals surface area contributed by atoms with Gasteiger partial charge < -0.3 is 14.8 Å². The minimum absolute atomic E-state index is 0.278. The molecule has 0 unspecified atom stereocenters. The number of anilines is 1. The highest BCUT2D eigenvalue weighted by atomic mass is 32.1. The molecule has 0 spiro atoms. The second kappa shape index (κ2) is 9.24. The summed E-state index contributed by atoms with van der Waals surface area (Å²) in [7, 11) is 0. The Morgan fingerprint density at radius 2 is 2.00 bits per heavy atom. The summed E-state index contributed by atoms with van der Waals surface area (Å²) >= 11 is 1.50. The number of benzene rings is 1. The van der Waals surface area contributed by atoms with Gasteiger partial charge in [-0.1, -0.05) is 31.5 Å². The number of amides is 1. The summed E-state index contributed by atoms with van der Waals surface area (Å²) in [5.74, 6) is 0.624. The number of thiophene rings is 1. The van der Waals surface area contributed by atoms with Crippen molar-refractivity contribution in [1.29, 1.82) is 0 Å². The van der Waals surface area contributed by atoms with Gasteiger partial charge in [-0.25, -0.2) is 4.79 Å². The predicted molar refractivity (Wildman–Crippen MR) is 111 cm³/mol. The summed E-state index contributed by atoms with van der Waals surface area (Å²) in [5.41, 5.74) is 1.57. The number of fused-ring (bicyclic) bond motifs is 1. The smallest absolute Gasteiger partial charge is 0.341 e. The Morgan fingerprint density at radius 3 is 2.68 bits per heavy atom. The van der Waals surface area contributed by atoms with Crippen LogP contribution in [0.15, 0.2) is 30.3 Å². The van der Waals surface area contributed by atoms with E-state index in [1.165, 1.54) is 16.2 Å². The molecule has 0 fully saturated rings. The fourth-order valence-corrected chi connectivity index (χ4v) is 4.83. The third-order valence-electron chi connectivity index (χ3n) is 5.09. The number of carbonyl (C=O) groups excluding carboxylic acids is 2. The van der Waals surface area contributed by atoms with Crippen LogP contribution < -0.4 is 10.1 Å². The van der Waals surface area contributed by atoms with Crippen molar-refractivity contribution in [1.82, 2.24) is 0 Å². The Kier molecular flexibility index (Phi) is 6.73. The minimum Gasteiger partial charge on any atom is -0.481 e. The van der Waals surface area contributed by atoms with Gasteiger partial charge in [0.2, 0.25) is 0 Å². The lowest BCUT2D eigenvalue weighted by molar-refractivity contribution is -0.122. The van der Waals surface area contributed by atoms with E-state index in [9.17, 15) is 9.59 Å². The molecule has 1 aromatic heterocycles. The molecule has 0 saturated heterocycles. The topological polar surface area (TPSA) is 64.6 Å². The number of para-hydroxylation sites is 1. The molecule has 1 aromatic carbocycles. The number of esters is 1. The van der Waals surface area contributed by atoms with Crippen LogP contribution in [0, 0.1) is 5.92 Å². The average Bonchev–Trinajstić information content (AvgIpc) is 3.05. The van der Waals surface area contributed by atoms with Crippen LogP contribution in [0.4, 0.5) is 5.00 Å². The molecule has 0 aliphatic heterocycles. The van der Waals surface area contributed by atoms with Gasteiger partial charge >= 0.3 is 5.97 Å². The number of hydrogen-bond acceptors (Lipinski definition) is 5. The van der Waals surface area contributed by atoms with Crippen LogP contribution in [0.25, 0.3) is 0 Å². The number of rotatable bonds is 7. The van der Waals surface area contributed by atoms with Gasteiger partial charge in [0.15, 0.2) is 6.10 Å². The Bertz CT molecular complexity index is 831. The molecule has 1 N–H and O–H groups in total. The predicted octanol–water partition coefficient (Wildman–Crippen LogP) is 4.85. The second-order valence-electron chi connectivity index (χ2n) is 7.01. The maximum absolute atomic E-state index is 12.7. The van der Waals surface area contributed by atoms with E-state index in [-0.39, 0.29) is 11.9 Å². The molecule has 6 heteroatoms. The Labute approximate surface area is 170 Å². The van der Waals surface area contributed by atoms with Crippen LogP contribution in [0.1, 0.15) is 54.4 Å². The number of carbonyl (C=O) groups is 2. The summed E-state index contributed by atoms with van der Waals surface area (Å²) in [4.78, 5) is 26.5. The third kappa shape index (κ3) is 4.55. The van der Waals surface area contributed by atoms with Gasteiger partial charge in [-0.05, 0) is 56.7 Å². The largest absolute Gasteiger partial charge is 0.481 e. The van der Waals surface area contributed by atoms with Crippen molar-refractivity contribution >= 4 is 28.2 Å². The van der Waals surface area contributed by atoms with Crippen LogP contribution in [0.2, 0.25) is 0 Å². The standard InChI is InChI=1S/C22H27NO4S/c1-4-15-11-12-17-18(13-15)28-21(19(17)22(25)26-5-2)23-20(24)14(3)27-16-9-7-6-8-10-16/h6-10,14-15H,4-5,11-13H2,1-3H3,(H,23,24)/t14-,15+/m0/s1. The maximum atomic E-state index is 12.7. The Morgan fingerprint density at radius 1 is 1.25 bits per heavy atom. The molecule has 28 heavy (non-hydrogen) atoms. The number of hydrogen-bond donors (Lipinski definition) is 1. The van der Waals surface area contributed by atoms with E-state index in [0.29, 0.717) is 28.8 Å². The lowest BCUT2D eigenvalue weighted by Crippen LogP contribution is -2.30. The molecule has 1 amide bonds. The summed E-state index contributed by atoms with van der Waals surface area (Å²) in [6, 6.07) is 9.22. The Hall–Kier alpha value is -2.34. The number of nitrogens with one attached hydrogen (secondary N) is 1. The Balaban J connectivity index is 1.81. The van der Waals surface area contributed by atoms with E-state index in [1.54, 1.807) is 13.8 Å². The monoisotopic (exact) mass is 401 g/mol. The zero-order valence-electron chi connectivity index (χ0n) is 16.6. The molecule has 0 radical (unpaired) electrons. The maximum Gasteiger partial charge on any atom is 0.341 e. The molecular formula is C22H27NO4S. The average molecular weight is 402 g/mol. The SMILES string of the molecule is CCOC(=O)c1c(NC(=O)[C@H](C)Oc2ccccc2)sc2c1CC[C@@H](CC)C2. The van der Waals surface area contributed by atoms with Crippen molar-refractivity contribution in [3.8, 4) is 5.75 Å². The fourth-order valence-electron chi connectivity index (χ4n) is 3.48. The van der Waals surface area contributed by atoms with Crippen LogP contribution >= 0.6 is 11.3 Å². The highest BCUT2D eigenvalue weighted by Crippen LogP contribution is 2.40. The molecule has 0 saturated carbocycles. The molecule has 1 aliphatic rings. The summed E-state index contributed by atoms with van der Waals surface area (Å²) in [6.45, 7) is 5.99. The molecule has 5 nitrogen and oxygen atoms in total. The van der Waals surface area contributed by atoms with E-state index in [0.717, 1.165) is 31.2 Å². The minimum atomic E-state index is -0.681. The van der Waals surface area contributed by atoms with Gasteiger partial charge in [-0.2, -0.15) is 0 Å². The highest BCUT2D eigenvalue weighted by Gasteiger charge is 2.30. The lowest BCUT2D eigenvalue weighted by atomic mass is 9.85. The fraction of sp³-hybridized carbons (Fsp3) is 0.455. The molecule has 2 atom stereocenters. The van der Waals surface area contributed by atoms with E-state index in [2.05, 4.69) is 12.2 Å². The summed E-state index contributed by atoms with van der Waals surface area (Å²) in [5, 5.41) is 3.49. The van der Waals surface area contributed by atoms with Crippen LogP contribution in [0.5, 0.6) is 5.75 Å². The molecule has 1 heterocycles. The first-order valence-electron chi connectivity index (χ1n) is 9.87. The van der Waals surface area contributed by atoms with E-state index < -0.39 is 6.10 Å². The van der Waals surface area contributed by atoms with Crippen LogP contribution in [-0.4, -0.2) is 24.6 Å². The summed E-state index contributed by atoms with van der Waals surface area (Å²) in [6.07, 6.45) is 3.31. The third-order valence-corrected chi connectivity index (χ3v) is 6.26. The first-order chi connectivity index (χ1) is 13.5. The van der Waals surface area contributed by atoms with Gasteiger partial charge in [0.1, 0.15) is 10.8 Å². The van der Waals surface area contributed by atoms with Gasteiger partial charge in [-0.15, -0.1) is 11.3 Å². The van der Waals surface area contributed by atoms with Crippen molar-refractivity contribution in [2.75, 3.05) is 11.9 Å². The molecular weight excluding hydrogens is 374 g/mol. The lowest BCUT2D eigenvalue weighted by Gasteiger charge is -2.21. The van der Waals surface area contributed by atoms with Crippen molar-refractivity contribution in [3.63, 3.8) is 0 Å². The quantitative estimate of drug-likeness (QED) is 0.674. The zero-order chi connectivity index (χ0) is 20.1. The molecule has 3 rings (SSSR count). The van der Waals surface area contributed by atoms with Crippen LogP contribution in [0.3, 0.4) is 0 Å². The number of ether oxygens (including phenoxy) is 2. The summed E-state index contributed by atoms with van der Waals surface area (Å²) < 4.78 is 11.0. The van der Waals surface area contributed by atoms with E-state index in [4.69, 9.17) is 9.47 Å². The molecule has 1 aliphatic carbocycles. The van der Waals surface area contributed by atoms with Gasteiger partial charge in [0.25, 0.3) is 5.91 Å². The molecule has 150 valence electrons. The second-order valence-corrected chi connectivity index (χ2v) is 8.11. The van der Waals surface area contributed by atoms with Crippen LogP contribution in [-0.2, 0) is 22.4 Å². The van der Waals surface area contributed by atoms with E-state index >= 15 is 0 Å². The van der Waals surface area contributed by atoms with E-state index in [1.807, 2.05) is 30.3 Å².